The number of benzene rings is 11. The van der Waals surface area contributed by atoms with E-state index < -0.39 is 0 Å². The predicted octanol–water partition coefficient (Wildman–Crippen LogP) is 16.1. The van der Waals surface area contributed by atoms with Crippen molar-refractivity contribution in [2.45, 2.75) is 52.4 Å². The van der Waals surface area contributed by atoms with Crippen molar-refractivity contribution in [2.24, 2.45) is 0 Å². The zero-order valence-corrected chi connectivity index (χ0v) is 46.3. The van der Waals surface area contributed by atoms with Crippen LogP contribution in [0.15, 0.2) is 255 Å². The quantitative estimate of drug-likeness (QED) is 0.101. The van der Waals surface area contributed by atoms with E-state index in [0.717, 1.165) is 130 Å². The van der Waals surface area contributed by atoms with Crippen LogP contribution < -0.4 is 61.9 Å². The standard InChI is InChI=1S/C74H60B2N4O2/c1-3-5-23-51-37-41-57(42-38-51)81-59-45-69-73-71(47-59)79(55-29-15-9-16-30-55)67-50-68-64(49-63(67)75(73)61-33-19-21-35-65(61)77(69)53-25-11-7-12-26-53)76-62-34-20-22-36-66(62)78(54-27-13-8-14-28-54)70-46-60(82-58-43-39-52(40-44-58)24-6-4-2)48-72(74(70)76)80(68)56-31-17-10-18-32-56/h7-22,25-50H,3-6,23-24H2,1-2H3. The highest BCUT2D eigenvalue weighted by Crippen LogP contribution is 2.51. The number of hydrogen-bond donors (Lipinski definition) is 0. The van der Waals surface area contributed by atoms with Crippen molar-refractivity contribution < 1.29 is 9.47 Å². The molecule has 0 saturated carbocycles. The van der Waals surface area contributed by atoms with Crippen molar-refractivity contribution in [2.75, 3.05) is 19.6 Å². The minimum Gasteiger partial charge on any atom is -0.457 e. The number of ether oxygens (including phenoxy) is 2. The maximum Gasteiger partial charge on any atom is 0.252 e. The fourth-order valence-electron chi connectivity index (χ4n) is 13.4. The van der Waals surface area contributed by atoms with E-state index in [1.807, 2.05) is 0 Å². The Hall–Kier alpha value is -9.65. The van der Waals surface area contributed by atoms with Gasteiger partial charge in [0.1, 0.15) is 23.0 Å². The molecule has 82 heavy (non-hydrogen) atoms. The van der Waals surface area contributed by atoms with Crippen molar-refractivity contribution in [3.63, 3.8) is 0 Å². The van der Waals surface area contributed by atoms with Crippen LogP contribution in [0.2, 0.25) is 0 Å². The summed E-state index contributed by atoms with van der Waals surface area (Å²) in [7, 11) is 0. The summed E-state index contributed by atoms with van der Waals surface area (Å²) in [6.45, 7) is 4.22. The van der Waals surface area contributed by atoms with Gasteiger partial charge in [-0.2, -0.15) is 0 Å². The van der Waals surface area contributed by atoms with Crippen molar-refractivity contribution in [1.29, 1.82) is 0 Å². The van der Waals surface area contributed by atoms with Crippen molar-refractivity contribution in [3.8, 4) is 23.0 Å². The molecule has 0 atom stereocenters. The molecule has 0 amide bonds. The highest BCUT2D eigenvalue weighted by atomic mass is 16.5. The molecule has 11 aromatic carbocycles. The number of para-hydroxylation sites is 6. The van der Waals surface area contributed by atoms with Crippen LogP contribution in [0.5, 0.6) is 23.0 Å². The lowest BCUT2D eigenvalue weighted by molar-refractivity contribution is 0.482. The van der Waals surface area contributed by atoms with Crippen LogP contribution in [0, 0.1) is 0 Å². The monoisotopic (exact) mass is 1060 g/mol. The van der Waals surface area contributed by atoms with Gasteiger partial charge in [0.15, 0.2) is 0 Å². The first-order valence-electron chi connectivity index (χ1n) is 29.3. The topological polar surface area (TPSA) is 31.4 Å². The maximum atomic E-state index is 7.07. The number of anilines is 12. The van der Waals surface area contributed by atoms with Crippen molar-refractivity contribution in [3.05, 3.63) is 266 Å². The molecule has 8 heteroatoms. The third kappa shape index (κ3) is 8.43. The lowest BCUT2D eigenvalue weighted by atomic mass is 9.30. The second-order valence-corrected chi connectivity index (χ2v) is 22.1. The van der Waals surface area contributed by atoms with Gasteiger partial charge in [0.05, 0.1) is 0 Å². The highest BCUT2D eigenvalue weighted by Gasteiger charge is 2.48. The molecule has 11 aromatic rings. The Morgan fingerprint density at radius 2 is 0.598 bits per heavy atom. The molecule has 4 aliphatic heterocycles. The van der Waals surface area contributed by atoms with Gasteiger partial charge in [-0.1, -0.05) is 166 Å². The van der Waals surface area contributed by atoms with Gasteiger partial charge in [-0.3, -0.25) is 0 Å². The Kier molecular flexibility index (Phi) is 12.5. The molecule has 394 valence electrons. The number of fused-ring (bicyclic) bond motifs is 8. The molecule has 0 aliphatic carbocycles. The van der Waals surface area contributed by atoms with Crippen LogP contribution in [-0.4, -0.2) is 13.4 Å². The molecule has 15 rings (SSSR count). The molecular weight excluding hydrogens is 998 g/mol. The summed E-state index contributed by atoms with van der Waals surface area (Å²) in [6, 6.07) is 93.2. The fourth-order valence-corrected chi connectivity index (χ4v) is 13.4. The van der Waals surface area contributed by atoms with Crippen molar-refractivity contribution in [1.82, 2.24) is 0 Å². The number of nitrogens with zero attached hydrogens (tertiary/aromatic N) is 4. The van der Waals surface area contributed by atoms with E-state index in [9.17, 15) is 0 Å². The number of hydrogen-bond acceptors (Lipinski definition) is 6. The minimum absolute atomic E-state index is 0.136. The second kappa shape index (κ2) is 20.8. The van der Waals surface area contributed by atoms with E-state index in [-0.39, 0.29) is 13.4 Å². The van der Waals surface area contributed by atoms with Gasteiger partial charge in [-0.05, 0) is 161 Å². The van der Waals surface area contributed by atoms with E-state index in [4.69, 9.17) is 9.47 Å². The summed E-state index contributed by atoms with van der Waals surface area (Å²) < 4.78 is 14.1. The van der Waals surface area contributed by atoms with Gasteiger partial charge in [-0.25, -0.2) is 0 Å². The molecule has 6 nitrogen and oxygen atoms in total. The normalized spacial score (nSPS) is 13.1. The molecule has 0 unspecified atom stereocenters. The van der Waals surface area contributed by atoms with E-state index >= 15 is 0 Å². The summed E-state index contributed by atoms with van der Waals surface area (Å²) in [6.07, 6.45) is 6.75. The second-order valence-electron chi connectivity index (χ2n) is 22.1. The average Bonchev–Trinajstić information content (AvgIpc) is 1.28. The summed E-state index contributed by atoms with van der Waals surface area (Å²) in [5.41, 5.74) is 23.3. The molecule has 0 N–H and O–H groups in total. The van der Waals surface area contributed by atoms with Crippen LogP contribution >= 0.6 is 0 Å². The summed E-state index contributed by atoms with van der Waals surface area (Å²) in [5.74, 6) is 3.17. The van der Waals surface area contributed by atoms with Gasteiger partial charge in [0.25, 0.3) is 13.4 Å². The average molecular weight is 1060 g/mol. The molecule has 0 saturated heterocycles. The van der Waals surface area contributed by atoms with Gasteiger partial charge in [-0.15, -0.1) is 0 Å². The van der Waals surface area contributed by atoms with E-state index in [2.05, 4.69) is 288 Å². The Labute approximate surface area is 482 Å². The van der Waals surface area contributed by atoms with Crippen molar-refractivity contribution >= 4 is 114 Å². The van der Waals surface area contributed by atoms with Crippen LogP contribution in [-0.2, 0) is 12.8 Å². The fraction of sp³-hybridized carbons (Fsp3) is 0.108. The highest BCUT2D eigenvalue weighted by molar-refractivity contribution is 7.03. The first kappa shape index (κ1) is 49.4. The maximum absolute atomic E-state index is 7.07. The Balaban J connectivity index is 0.999. The Bertz CT molecular complexity index is 3900. The third-order valence-electron chi connectivity index (χ3n) is 17.0. The molecule has 0 aromatic heterocycles. The Morgan fingerprint density at radius 1 is 0.280 bits per heavy atom. The Morgan fingerprint density at radius 3 is 0.939 bits per heavy atom. The number of rotatable bonds is 14. The zero-order chi connectivity index (χ0) is 54.7. The summed E-state index contributed by atoms with van der Waals surface area (Å²) >= 11 is 0. The zero-order valence-electron chi connectivity index (χ0n) is 46.3. The molecule has 0 spiro atoms. The SMILES string of the molecule is CCCCc1ccc(Oc2cc3c4c(c2)N(c2ccccc2)c2cc5c(cc2B4c2ccccc2N3c2ccccc2)B2c3ccccc3N(c3ccccc3)c3cc(Oc4ccc(CCCC)cc4)cc(c32)N5c2ccccc2)cc1. The first-order chi connectivity index (χ1) is 40.6. The lowest BCUT2D eigenvalue weighted by Crippen LogP contribution is -2.65. The number of unbranched alkanes of at least 4 members (excludes halogenated alkanes) is 2. The van der Waals surface area contributed by atoms with E-state index in [1.54, 1.807) is 0 Å². The number of aryl methyl sites for hydroxylation is 2. The third-order valence-corrected chi connectivity index (χ3v) is 17.0. The molecule has 0 bridgehead atoms. The smallest absolute Gasteiger partial charge is 0.252 e. The van der Waals surface area contributed by atoms with Gasteiger partial charge in [0, 0.05) is 92.5 Å². The summed E-state index contributed by atoms with van der Waals surface area (Å²) in [4.78, 5) is 9.91. The molecule has 4 heterocycles. The molecule has 4 aliphatic rings. The lowest BCUT2D eigenvalue weighted by Gasteiger charge is -2.47. The first-order valence-corrected chi connectivity index (χ1v) is 29.3. The molecule has 0 fully saturated rings. The molecule has 0 radical (unpaired) electrons. The van der Waals surface area contributed by atoms with E-state index in [1.165, 1.54) is 43.9 Å². The van der Waals surface area contributed by atoms with Crippen LogP contribution in [0.1, 0.15) is 50.7 Å². The largest absolute Gasteiger partial charge is 0.457 e. The predicted molar refractivity (Wildman–Crippen MR) is 345 cm³/mol. The van der Waals surface area contributed by atoms with Gasteiger partial charge in [0.2, 0.25) is 0 Å². The summed E-state index contributed by atoms with van der Waals surface area (Å²) in [5, 5.41) is 0. The van der Waals surface area contributed by atoms with Crippen LogP contribution in [0.25, 0.3) is 0 Å². The van der Waals surface area contributed by atoms with Gasteiger partial charge < -0.3 is 29.1 Å². The van der Waals surface area contributed by atoms with E-state index in [0.29, 0.717) is 0 Å². The minimum atomic E-state index is -0.136. The molecular formula is C74H60B2N4O2. The van der Waals surface area contributed by atoms with Crippen LogP contribution in [0.4, 0.5) is 68.2 Å². The van der Waals surface area contributed by atoms with Gasteiger partial charge >= 0.3 is 0 Å². The van der Waals surface area contributed by atoms with Crippen LogP contribution in [0.3, 0.4) is 0 Å².